The normalized spacial score (nSPS) is 20.0. The van der Waals surface area contributed by atoms with Crippen LogP contribution in [-0.4, -0.2) is 34.5 Å². The molecular weight excluding hydrogens is 396 g/mol. The molecule has 4 nitrogen and oxygen atoms in total. The number of esters is 1. The first-order chi connectivity index (χ1) is 15.6. The van der Waals surface area contributed by atoms with E-state index in [4.69, 9.17) is 4.74 Å². The van der Waals surface area contributed by atoms with Gasteiger partial charge in [-0.3, -0.25) is 4.79 Å². The molecule has 1 atom stereocenters. The van der Waals surface area contributed by atoms with Crippen LogP contribution in [0.15, 0.2) is 96.3 Å². The molecule has 1 aliphatic heterocycles. The van der Waals surface area contributed by atoms with Crippen molar-refractivity contribution in [3.63, 3.8) is 0 Å². The molecular formula is C28H26N2O2. The number of carbonyl (C=O) groups is 1. The predicted molar refractivity (Wildman–Crippen MR) is 131 cm³/mol. The molecule has 2 aromatic carbocycles. The Kier molecular flexibility index (Phi) is 5.06. The average Bonchev–Trinajstić information content (AvgIpc) is 3.17. The van der Waals surface area contributed by atoms with Gasteiger partial charge >= 0.3 is 5.97 Å². The molecule has 0 radical (unpaired) electrons. The Hall–Kier alpha value is -3.79. The third kappa shape index (κ3) is 3.48. The molecule has 0 spiro atoms. The van der Waals surface area contributed by atoms with Crippen LogP contribution in [-0.2, 0) is 9.53 Å². The third-order valence-electron chi connectivity index (χ3n) is 6.27. The molecule has 0 bridgehead atoms. The highest BCUT2D eigenvalue weighted by Gasteiger charge is 2.36. The minimum atomic E-state index is -0.392. The summed E-state index contributed by atoms with van der Waals surface area (Å²) in [6, 6.07) is 14.9. The largest absolute Gasteiger partial charge is 0.465 e. The molecule has 1 N–H and O–H groups in total. The number of H-pyrrole nitrogens is 1. The summed E-state index contributed by atoms with van der Waals surface area (Å²) in [6.07, 6.45) is 16.7. The van der Waals surface area contributed by atoms with Gasteiger partial charge in [-0.2, -0.15) is 0 Å². The average molecular weight is 423 g/mol. The topological polar surface area (TPSA) is 45.3 Å². The lowest BCUT2D eigenvalue weighted by molar-refractivity contribution is -0.144. The van der Waals surface area contributed by atoms with Crippen LogP contribution in [0.4, 0.5) is 0 Å². The maximum atomic E-state index is 12.1. The Morgan fingerprint density at radius 2 is 1.91 bits per heavy atom. The highest BCUT2D eigenvalue weighted by atomic mass is 16.5. The molecule has 160 valence electrons. The highest BCUT2D eigenvalue weighted by Crippen LogP contribution is 2.37. The zero-order chi connectivity index (χ0) is 22.1. The molecule has 1 unspecified atom stereocenters. The first-order valence-corrected chi connectivity index (χ1v) is 11.0. The van der Waals surface area contributed by atoms with Crippen molar-refractivity contribution in [2.24, 2.45) is 0 Å². The number of aromatic nitrogens is 1. The van der Waals surface area contributed by atoms with Gasteiger partial charge in [0.25, 0.3) is 0 Å². The molecule has 0 saturated carbocycles. The van der Waals surface area contributed by atoms with Gasteiger partial charge in [0, 0.05) is 28.0 Å². The molecule has 5 rings (SSSR count). The Bertz CT molecular complexity index is 1350. The number of para-hydroxylation sites is 1. The van der Waals surface area contributed by atoms with Crippen LogP contribution in [0.3, 0.4) is 0 Å². The number of ether oxygens (including phenoxy) is 1. The van der Waals surface area contributed by atoms with E-state index in [-0.39, 0.29) is 12.5 Å². The van der Waals surface area contributed by atoms with Gasteiger partial charge in [0.2, 0.25) is 0 Å². The molecule has 3 aromatic rings. The number of carbonyl (C=O) groups excluding carboxylic acids is 1. The molecule has 32 heavy (non-hydrogen) atoms. The second-order valence-corrected chi connectivity index (χ2v) is 8.29. The molecule has 0 saturated heterocycles. The number of benzene rings is 2. The number of fused-ring (bicyclic) bond motifs is 4. The van der Waals surface area contributed by atoms with E-state index in [1.54, 1.807) is 0 Å². The summed E-state index contributed by atoms with van der Waals surface area (Å²) in [5.41, 5.74) is 5.35. The van der Waals surface area contributed by atoms with E-state index < -0.39 is 5.54 Å². The summed E-state index contributed by atoms with van der Waals surface area (Å²) < 4.78 is 5.17. The van der Waals surface area contributed by atoms with Crippen molar-refractivity contribution >= 4 is 33.9 Å². The van der Waals surface area contributed by atoms with Crippen molar-refractivity contribution in [1.29, 1.82) is 0 Å². The fourth-order valence-electron chi connectivity index (χ4n) is 4.57. The summed E-state index contributed by atoms with van der Waals surface area (Å²) in [5, 5.41) is 2.46. The van der Waals surface area contributed by atoms with E-state index in [0.717, 1.165) is 27.7 Å². The van der Waals surface area contributed by atoms with Gasteiger partial charge in [0.05, 0.1) is 12.1 Å². The monoisotopic (exact) mass is 422 g/mol. The number of rotatable bonds is 5. The fourth-order valence-corrected chi connectivity index (χ4v) is 4.57. The number of hydrogen-bond donors (Lipinski definition) is 1. The quantitative estimate of drug-likeness (QED) is 0.520. The Morgan fingerprint density at radius 1 is 1.06 bits per heavy atom. The van der Waals surface area contributed by atoms with Crippen LogP contribution in [0.2, 0.25) is 0 Å². The molecule has 0 fully saturated rings. The summed E-state index contributed by atoms with van der Waals surface area (Å²) in [5.74, 6) is -0.216. The van der Waals surface area contributed by atoms with E-state index in [1.807, 2.05) is 30.2 Å². The highest BCUT2D eigenvalue weighted by molar-refractivity contribution is 6.07. The van der Waals surface area contributed by atoms with Crippen LogP contribution in [0.5, 0.6) is 0 Å². The van der Waals surface area contributed by atoms with Crippen molar-refractivity contribution in [3.8, 4) is 0 Å². The summed E-state index contributed by atoms with van der Waals surface area (Å²) in [6.45, 7) is 4.57. The number of allylic oxidation sites excluding steroid dienone is 5. The van der Waals surface area contributed by atoms with Crippen molar-refractivity contribution in [3.05, 3.63) is 102 Å². The van der Waals surface area contributed by atoms with Gasteiger partial charge in [-0.25, -0.2) is 0 Å². The molecule has 4 heteroatoms. The number of nitrogens with zero attached hydrogens (tertiary/aromatic N) is 1. The van der Waals surface area contributed by atoms with Crippen molar-refractivity contribution in [2.45, 2.75) is 19.4 Å². The lowest BCUT2D eigenvalue weighted by Crippen LogP contribution is -2.47. The van der Waals surface area contributed by atoms with E-state index >= 15 is 0 Å². The maximum Gasteiger partial charge on any atom is 0.325 e. The number of nitrogens with one attached hydrogen (secondary N) is 1. The second-order valence-electron chi connectivity index (χ2n) is 8.29. The van der Waals surface area contributed by atoms with E-state index in [1.165, 1.54) is 10.8 Å². The van der Waals surface area contributed by atoms with Gasteiger partial charge in [-0.15, -0.1) is 0 Å². The smallest absolute Gasteiger partial charge is 0.325 e. The SMILES string of the molecule is CCOC(=O)CN1C=CC(/C=C/c2ccc3[nH]c4ccccc4c3c2)=C2C=CC=CC21C. The minimum absolute atomic E-state index is 0.216. The zero-order valence-corrected chi connectivity index (χ0v) is 18.3. The number of aromatic amines is 1. The van der Waals surface area contributed by atoms with Crippen LogP contribution in [0.1, 0.15) is 19.4 Å². The Labute approximate surface area is 187 Å². The number of hydrogen-bond acceptors (Lipinski definition) is 3. The first-order valence-electron chi connectivity index (χ1n) is 11.0. The third-order valence-corrected chi connectivity index (χ3v) is 6.27. The van der Waals surface area contributed by atoms with E-state index in [2.05, 4.69) is 84.8 Å². The molecule has 1 aliphatic carbocycles. The van der Waals surface area contributed by atoms with Crippen LogP contribution in [0, 0.1) is 0 Å². The lowest BCUT2D eigenvalue weighted by atomic mass is 9.81. The predicted octanol–water partition coefficient (Wildman–Crippen LogP) is 5.91. The minimum Gasteiger partial charge on any atom is -0.465 e. The fraction of sp³-hybridized carbons (Fsp3) is 0.179. The summed E-state index contributed by atoms with van der Waals surface area (Å²) in [4.78, 5) is 17.6. The standard InChI is InChI=1S/C28H26N2O2/c1-3-32-27(31)19-30-17-15-21(24-9-6-7-16-28(24,30)2)13-11-20-12-14-26-23(18-20)22-8-4-5-10-25(22)29-26/h4-18,29H,3,19H2,1-2H3/b13-11+. The second kappa shape index (κ2) is 8.04. The molecule has 2 heterocycles. The van der Waals surface area contributed by atoms with Crippen LogP contribution in [0.25, 0.3) is 27.9 Å². The molecule has 2 aliphatic rings. The first kappa shape index (κ1) is 20.1. The van der Waals surface area contributed by atoms with E-state index in [0.29, 0.717) is 6.61 Å². The van der Waals surface area contributed by atoms with Crippen LogP contribution >= 0.6 is 0 Å². The molecule has 0 amide bonds. The van der Waals surface area contributed by atoms with Crippen molar-refractivity contribution in [1.82, 2.24) is 9.88 Å². The van der Waals surface area contributed by atoms with Crippen molar-refractivity contribution < 1.29 is 9.53 Å². The summed E-state index contributed by atoms with van der Waals surface area (Å²) >= 11 is 0. The Morgan fingerprint density at radius 3 is 2.78 bits per heavy atom. The van der Waals surface area contributed by atoms with Gasteiger partial charge in [0.1, 0.15) is 6.54 Å². The van der Waals surface area contributed by atoms with Crippen LogP contribution < -0.4 is 0 Å². The van der Waals surface area contributed by atoms with Crippen molar-refractivity contribution in [2.75, 3.05) is 13.2 Å². The molecule has 1 aromatic heterocycles. The van der Waals surface area contributed by atoms with Gasteiger partial charge in [0.15, 0.2) is 0 Å². The summed E-state index contributed by atoms with van der Waals surface area (Å²) in [7, 11) is 0. The van der Waals surface area contributed by atoms with Gasteiger partial charge in [-0.1, -0.05) is 60.7 Å². The lowest BCUT2D eigenvalue weighted by Gasteiger charge is -2.43. The van der Waals surface area contributed by atoms with Gasteiger partial charge in [-0.05, 0) is 54.8 Å². The van der Waals surface area contributed by atoms with Gasteiger partial charge < -0.3 is 14.6 Å². The maximum absolute atomic E-state index is 12.1. The Balaban J connectivity index is 1.47. The zero-order valence-electron chi connectivity index (χ0n) is 18.3. The van der Waals surface area contributed by atoms with E-state index in [9.17, 15) is 4.79 Å².